The van der Waals surface area contributed by atoms with Gasteiger partial charge in [0.2, 0.25) is 0 Å². The molecule has 0 fully saturated rings. The molecule has 0 spiro atoms. The minimum absolute atomic E-state index is 0.0509. The van der Waals surface area contributed by atoms with E-state index in [0.717, 1.165) is 17.0 Å². The third-order valence-electron chi connectivity index (χ3n) is 2.69. The second-order valence-electron chi connectivity index (χ2n) is 4.17. The van der Waals surface area contributed by atoms with E-state index < -0.39 is 10.0 Å². The van der Waals surface area contributed by atoms with Crippen LogP contribution >= 0.6 is 22.9 Å². The van der Waals surface area contributed by atoms with E-state index in [2.05, 4.69) is 9.71 Å². The van der Waals surface area contributed by atoms with Crippen LogP contribution in [0.4, 0.5) is 10.8 Å². The number of nitrogen functional groups attached to an aromatic ring is 1. The fraction of sp³-hybridized carbons (Fsp3) is 0.250. The predicted molar refractivity (Wildman–Crippen MR) is 82.9 cm³/mol. The van der Waals surface area contributed by atoms with Crippen molar-refractivity contribution in [1.82, 2.24) is 4.98 Å². The molecule has 3 N–H and O–H groups in total. The fourth-order valence-electron chi connectivity index (χ4n) is 1.70. The van der Waals surface area contributed by atoms with Crippen molar-refractivity contribution in [3.05, 3.63) is 33.8 Å². The second-order valence-corrected chi connectivity index (χ2v) is 7.43. The van der Waals surface area contributed by atoms with E-state index in [9.17, 15) is 8.42 Å². The summed E-state index contributed by atoms with van der Waals surface area (Å²) >= 11 is 7.21. The van der Waals surface area contributed by atoms with Crippen molar-refractivity contribution in [3.63, 3.8) is 0 Å². The monoisotopic (exact) mass is 331 g/mol. The van der Waals surface area contributed by atoms with Crippen LogP contribution in [0.15, 0.2) is 23.1 Å². The number of aromatic nitrogens is 1. The van der Waals surface area contributed by atoms with Crippen LogP contribution in [-0.4, -0.2) is 13.4 Å². The summed E-state index contributed by atoms with van der Waals surface area (Å²) in [6, 6.07) is 4.33. The van der Waals surface area contributed by atoms with Crippen molar-refractivity contribution in [3.8, 4) is 0 Å². The molecule has 0 bridgehead atoms. The first-order valence-corrected chi connectivity index (χ1v) is 8.55. The largest absolute Gasteiger partial charge is 0.399 e. The van der Waals surface area contributed by atoms with E-state index in [4.69, 9.17) is 17.3 Å². The molecule has 0 aliphatic heterocycles. The molecule has 8 heteroatoms. The van der Waals surface area contributed by atoms with Gasteiger partial charge in [-0.15, -0.1) is 11.3 Å². The summed E-state index contributed by atoms with van der Waals surface area (Å²) < 4.78 is 27.0. The second kappa shape index (κ2) is 5.59. The molecule has 0 radical (unpaired) electrons. The number of benzene rings is 1. The standard InChI is InChI=1S/C12H14ClN3O2S2/c1-3-10-7(2)19-12(15-10)16-20(17,18)11-6-8(14)4-5-9(11)13/h4-6H,3,14H2,1-2H3,(H,15,16). The average Bonchev–Trinajstić information content (AvgIpc) is 2.71. The Morgan fingerprint density at radius 1 is 1.45 bits per heavy atom. The van der Waals surface area contributed by atoms with Crippen LogP contribution < -0.4 is 10.5 Å². The highest BCUT2D eigenvalue weighted by Gasteiger charge is 2.20. The Hall–Kier alpha value is -1.31. The summed E-state index contributed by atoms with van der Waals surface area (Å²) in [6.45, 7) is 3.87. The Morgan fingerprint density at radius 3 is 2.75 bits per heavy atom. The van der Waals surface area contributed by atoms with Gasteiger partial charge in [0.15, 0.2) is 5.13 Å². The van der Waals surface area contributed by atoms with E-state index in [-0.39, 0.29) is 9.92 Å². The van der Waals surface area contributed by atoms with Crippen LogP contribution in [0.2, 0.25) is 5.02 Å². The maximum atomic E-state index is 12.3. The highest BCUT2D eigenvalue weighted by Crippen LogP contribution is 2.28. The van der Waals surface area contributed by atoms with Crippen molar-refractivity contribution in [2.75, 3.05) is 10.5 Å². The Balaban J connectivity index is 2.37. The normalized spacial score (nSPS) is 11.6. The summed E-state index contributed by atoms with van der Waals surface area (Å²) in [7, 11) is -3.79. The van der Waals surface area contributed by atoms with Crippen molar-refractivity contribution in [2.24, 2.45) is 0 Å². The zero-order valence-corrected chi connectivity index (χ0v) is 13.4. The van der Waals surface area contributed by atoms with Gasteiger partial charge in [-0.1, -0.05) is 18.5 Å². The van der Waals surface area contributed by atoms with Crippen LogP contribution in [0.25, 0.3) is 0 Å². The van der Waals surface area contributed by atoms with E-state index in [0.29, 0.717) is 10.8 Å². The van der Waals surface area contributed by atoms with Crippen LogP contribution in [-0.2, 0) is 16.4 Å². The summed E-state index contributed by atoms with van der Waals surface area (Å²) in [5, 5.41) is 0.452. The number of hydrogen-bond acceptors (Lipinski definition) is 5. The highest BCUT2D eigenvalue weighted by atomic mass is 35.5. The molecule has 2 aromatic rings. The van der Waals surface area contributed by atoms with E-state index in [1.165, 1.54) is 23.5 Å². The molecule has 108 valence electrons. The van der Waals surface area contributed by atoms with Crippen LogP contribution in [0.5, 0.6) is 0 Å². The minimum Gasteiger partial charge on any atom is -0.399 e. The number of aryl methyl sites for hydroxylation is 2. The molecule has 0 unspecified atom stereocenters. The lowest BCUT2D eigenvalue weighted by Crippen LogP contribution is -2.13. The van der Waals surface area contributed by atoms with Crippen molar-refractivity contribution >= 4 is 43.8 Å². The molecule has 0 saturated heterocycles. The maximum Gasteiger partial charge on any atom is 0.265 e. The quantitative estimate of drug-likeness (QED) is 0.843. The van der Waals surface area contributed by atoms with Gasteiger partial charge in [-0.05, 0) is 31.5 Å². The number of nitrogens with zero attached hydrogens (tertiary/aromatic N) is 1. The van der Waals surface area contributed by atoms with Gasteiger partial charge in [-0.2, -0.15) is 0 Å². The molecule has 5 nitrogen and oxygen atoms in total. The van der Waals surface area contributed by atoms with Gasteiger partial charge in [0.25, 0.3) is 10.0 Å². The fourth-order valence-corrected chi connectivity index (χ4v) is 4.37. The van der Waals surface area contributed by atoms with E-state index in [1.54, 1.807) is 6.07 Å². The van der Waals surface area contributed by atoms with Gasteiger partial charge < -0.3 is 5.73 Å². The molecular weight excluding hydrogens is 318 g/mol. The number of anilines is 2. The summed E-state index contributed by atoms with van der Waals surface area (Å²) in [4.78, 5) is 5.18. The Bertz CT molecular complexity index is 741. The molecule has 0 atom stereocenters. The van der Waals surface area contributed by atoms with E-state index >= 15 is 0 Å². The number of nitrogens with two attached hydrogens (primary N) is 1. The first-order chi connectivity index (χ1) is 9.33. The average molecular weight is 332 g/mol. The number of nitrogens with one attached hydrogen (secondary N) is 1. The summed E-state index contributed by atoms with van der Waals surface area (Å²) in [5.74, 6) is 0. The molecule has 0 aliphatic carbocycles. The topological polar surface area (TPSA) is 85.1 Å². The van der Waals surface area contributed by atoms with Gasteiger partial charge in [-0.25, -0.2) is 13.4 Å². The molecule has 20 heavy (non-hydrogen) atoms. The summed E-state index contributed by atoms with van der Waals surface area (Å²) in [6.07, 6.45) is 0.753. The number of sulfonamides is 1. The maximum absolute atomic E-state index is 12.3. The number of hydrogen-bond donors (Lipinski definition) is 2. The van der Waals surface area contributed by atoms with E-state index in [1.807, 2.05) is 13.8 Å². The Labute approximate surface area is 126 Å². The van der Waals surface area contributed by atoms with Crippen LogP contribution in [0, 0.1) is 6.92 Å². The van der Waals surface area contributed by atoms with Crippen molar-refractivity contribution in [1.29, 1.82) is 0 Å². The highest BCUT2D eigenvalue weighted by molar-refractivity contribution is 7.93. The lowest BCUT2D eigenvalue weighted by Gasteiger charge is -2.07. The summed E-state index contributed by atoms with van der Waals surface area (Å²) in [5.41, 5.74) is 6.82. The predicted octanol–water partition coefficient (Wildman–Crippen LogP) is 3.05. The van der Waals surface area contributed by atoms with Gasteiger partial charge in [0.05, 0.1) is 10.7 Å². The third kappa shape index (κ3) is 3.05. The molecule has 1 heterocycles. The zero-order chi connectivity index (χ0) is 14.9. The lowest BCUT2D eigenvalue weighted by atomic mass is 10.3. The first kappa shape index (κ1) is 15.1. The first-order valence-electron chi connectivity index (χ1n) is 5.87. The molecule has 0 saturated carbocycles. The van der Waals surface area contributed by atoms with Gasteiger partial charge in [0, 0.05) is 10.6 Å². The third-order valence-corrected chi connectivity index (χ3v) is 5.57. The molecular formula is C12H14ClN3O2S2. The Kier molecular flexibility index (Phi) is 4.22. The van der Waals surface area contributed by atoms with Gasteiger partial charge in [-0.3, -0.25) is 4.72 Å². The number of thiazole rings is 1. The number of rotatable bonds is 4. The van der Waals surface area contributed by atoms with Crippen LogP contribution in [0.3, 0.4) is 0 Å². The van der Waals surface area contributed by atoms with Crippen LogP contribution in [0.1, 0.15) is 17.5 Å². The zero-order valence-electron chi connectivity index (χ0n) is 11.0. The van der Waals surface area contributed by atoms with Gasteiger partial charge in [0.1, 0.15) is 4.90 Å². The van der Waals surface area contributed by atoms with Crippen molar-refractivity contribution in [2.45, 2.75) is 25.2 Å². The molecule has 1 aromatic heterocycles. The number of halogens is 1. The molecule has 0 amide bonds. The Morgan fingerprint density at radius 2 is 2.15 bits per heavy atom. The smallest absolute Gasteiger partial charge is 0.265 e. The lowest BCUT2D eigenvalue weighted by molar-refractivity contribution is 0.601. The molecule has 0 aliphatic rings. The SMILES string of the molecule is CCc1nc(NS(=O)(=O)c2cc(N)ccc2Cl)sc1C. The molecule has 1 aromatic carbocycles. The van der Waals surface area contributed by atoms with Crippen molar-refractivity contribution < 1.29 is 8.42 Å². The van der Waals surface area contributed by atoms with Gasteiger partial charge >= 0.3 is 0 Å². The minimum atomic E-state index is -3.79. The molecule has 2 rings (SSSR count).